The number of carbonyl (C=O) groups is 2. The number of urea groups is 1. The van der Waals surface area contributed by atoms with E-state index in [1.165, 1.54) is 27.3 Å². The SMILES string of the molecule is COC(=O)CSc1cc(/N=c2\sc(=O)n3n2CCCC3)c(F)cc1Cl.CON(C)C(=O)Nc1ccc(Oc2ccc3c(c2)OC(C)(OC)CC3(C)C)cc1. The van der Waals surface area contributed by atoms with Crippen LogP contribution in [0.2, 0.25) is 5.02 Å². The van der Waals surface area contributed by atoms with Gasteiger partial charge in [-0.15, -0.1) is 11.8 Å². The van der Waals surface area contributed by atoms with Crippen LogP contribution in [0.25, 0.3) is 0 Å². The number of hydrogen-bond acceptors (Lipinski definition) is 11. The van der Waals surface area contributed by atoms with Gasteiger partial charge in [-0.3, -0.25) is 19.1 Å². The van der Waals surface area contributed by atoms with E-state index in [0.717, 1.165) is 64.8 Å². The molecule has 6 rings (SSSR count). The van der Waals surface area contributed by atoms with Crippen LogP contribution in [-0.4, -0.2) is 66.3 Å². The van der Waals surface area contributed by atoms with Crippen molar-refractivity contribution in [3.63, 3.8) is 0 Å². The predicted molar refractivity (Wildman–Crippen MR) is 206 cm³/mol. The number of ether oxygens (including phenoxy) is 4. The third-order valence-electron chi connectivity index (χ3n) is 8.79. The lowest BCUT2D eigenvalue weighted by Crippen LogP contribution is -2.45. The topological polar surface area (TPSA) is 135 Å². The molecule has 4 aromatic rings. The number of rotatable bonds is 9. The first-order valence-corrected chi connectivity index (χ1v) is 19.1. The molecule has 13 nitrogen and oxygen atoms in total. The maximum atomic E-state index is 14.3. The summed E-state index contributed by atoms with van der Waals surface area (Å²) in [6.07, 6.45) is 2.65. The van der Waals surface area contributed by atoms with Crippen LogP contribution in [-0.2, 0) is 37.6 Å². The van der Waals surface area contributed by atoms with E-state index in [4.69, 9.17) is 30.6 Å². The summed E-state index contributed by atoms with van der Waals surface area (Å²) in [6, 6.07) is 15.2. The summed E-state index contributed by atoms with van der Waals surface area (Å²) >= 11 is 8.17. The van der Waals surface area contributed by atoms with E-state index < -0.39 is 17.6 Å². The number of fused-ring (bicyclic) bond motifs is 2. The van der Waals surface area contributed by atoms with Gasteiger partial charge in [0.25, 0.3) is 0 Å². The molecule has 1 N–H and O–H groups in total. The van der Waals surface area contributed by atoms with E-state index in [0.29, 0.717) is 40.0 Å². The molecule has 0 saturated carbocycles. The number of amides is 2. The zero-order valence-corrected chi connectivity index (χ0v) is 33.5. The van der Waals surface area contributed by atoms with Crippen molar-refractivity contribution >= 4 is 58.1 Å². The van der Waals surface area contributed by atoms with Gasteiger partial charge in [0.15, 0.2) is 0 Å². The first kappa shape index (κ1) is 40.8. The van der Waals surface area contributed by atoms with Crippen LogP contribution in [0.3, 0.4) is 0 Å². The molecule has 2 aliphatic rings. The van der Waals surface area contributed by atoms with Crippen LogP contribution in [0, 0.1) is 5.82 Å². The van der Waals surface area contributed by atoms with Crippen molar-refractivity contribution < 1.29 is 37.8 Å². The highest BCUT2D eigenvalue weighted by Crippen LogP contribution is 2.46. The van der Waals surface area contributed by atoms with Gasteiger partial charge in [-0.05, 0) is 72.1 Å². The highest BCUT2D eigenvalue weighted by atomic mass is 35.5. The standard InChI is InChI=1S/C22H28N2O5.C15H15ClFN3O3S2/c1-21(2)14-22(3,26-5)29-19-13-17(11-12-18(19)21)28-16-9-7-15(8-10-16)23-20(25)24(4)27-6;1-23-13(21)8-24-12-7-11(10(17)6-9(12)16)18-14-19-4-2-3-5-20(19)15(22)25-14/h7-13H,14H2,1-6H3,(H,23,25);6-7H,2-5,8H2,1H3/b;18-14-. The van der Waals surface area contributed by atoms with Crippen LogP contribution in [0.4, 0.5) is 20.6 Å². The number of methoxy groups -OCH3 is 2. The van der Waals surface area contributed by atoms with Gasteiger partial charge in [-0.2, -0.15) is 0 Å². The summed E-state index contributed by atoms with van der Waals surface area (Å²) in [7, 11) is 5.91. The third-order valence-corrected chi connectivity index (χ3v) is 11.1. The summed E-state index contributed by atoms with van der Waals surface area (Å²) in [6.45, 7) is 7.63. The Balaban J connectivity index is 0.000000210. The van der Waals surface area contributed by atoms with Crippen molar-refractivity contribution in [2.45, 2.75) is 69.2 Å². The number of benzene rings is 3. The van der Waals surface area contributed by atoms with Crippen molar-refractivity contribution in [2.24, 2.45) is 4.99 Å². The number of halogens is 2. The van der Waals surface area contributed by atoms with E-state index in [1.807, 2.05) is 25.1 Å². The van der Waals surface area contributed by atoms with Gasteiger partial charge in [0, 0.05) is 62.8 Å². The quantitative estimate of drug-likeness (QED) is 0.103. The fourth-order valence-corrected chi connectivity index (χ4v) is 7.94. The lowest BCUT2D eigenvalue weighted by atomic mass is 9.76. The number of hydroxylamine groups is 2. The molecular weight excluding hydrogens is 761 g/mol. The minimum atomic E-state index is -0.676. The molecule has 290 valence electrons. The molecule has 1 unspecified atom stereocenters. The van der Waals surface area contributed by atoms with Gasteiger partial charge >= 0.3 is 16.9 Å². The maximum absolute atomic E-state index is 14.3. The van der Waals surface area contributed by atoms with Crippen LogP contribution < -0.4 is 24.5 Å². The number of nitrogens with zero attached hydrogens (tertiary/aromatic N) is 4. The summed E-state index contributed by atoms with van der Waals surface area (Å²) < 4.78 is 39.9. The summed E-state index contributed by atoms with van der Waals surface area (Å²) in [5, 5.41) is 4.02. The highest BCUT2D eigenvalue weighted by molar-refractivity contribution is 8.00. The van der Waals surface area contributed by atoms with Gasteiger partial charge in [0.1, 0.15) is 28.8 Å². The van der Waals surface area contributed by atoms with E-state index in [2.05, 4.69) is 28.9 Å². The second kappa shape index (κ2) is 17.4. The molecule has 0 radical (unpaired) electrons. The van der Waals surface area contributed by atoms with Gasteiger partial charge in [0.05, 0.1) is 25.0 Å². The number of carbonyl (C=O) groups excluding carboxylic acids is 2. The molecule has 0 saturated heterocycles. The molecule has 2 amide bonds. The molecule has 1 atom stereocenters. The molecular formula is C37H43ClFN5O8S2. The fourth-order valence-electron chi connectivity index (χ4n) is 5.95. The molecule has 2 aliphatic heterocycles. The monoisotopic (exact) mass is 803 g/mol. The number of aromatic nitrogens is 2. The van der Waals surface area contributed by atoms with Crippen LogP contribution >= 0.6 is 34.7 Å². The number of anilines is 1. The molecule has 54 heavy (non-hydrogen) atoms. The number of hydrogen-bond donors (Lipinski definition) is 1. The summed E-state index contributed by atoms with van der Waals surface area (Å²) in [5.74, 6) is 0.468. The van der Waals surface area contributed by atoms with Crippen molar-refractivity contribution in [1.29, 1.82) is 0 Å². The Bertz CT molecular complexity index is 2120. The minimum Gasteiger partial charge on any atom is -0.468 e. The van der Waals surface area contributed by atoms with Crippen molar-refractivity contribution in [3.05, 3.63) is 85.5 Å². The molecule has 0 spiro atoms. The number of thioether (sulfide) groups is 1. The van der Waals surface area contributed by atoms with Gasteiger partial charge < -0.3 is 24.3 Å². The average Bonchev–Trinajstić information content (AvgIpc) is 3.46. The highest BCUT2D eigenvalue weighted by Gasteiger charge is 2.42. The zero-order chi connectivity index (χ0) is 39.2. The summed E-state index contributed by atoms with van der Waals surface area (Å²) in [5.41, 5.74) is 1.77. The second-order valence-electron chi connectivity index (χ2n) is 13.2. The largest absolute Gasteiger partial charge is 0.468 e. The van der Waals surface area contributed by atoms with Gasteiger partial charge in [-0.1, -0.05) is 31.5 Å². The van der Waals surface area contributed by atoms with Crippen molar-refractivity contribution in [2.75, 3.05) is 39.4 Å². The summed E-state index contributed by atoms with van der Waals surface area (Å²) in [4.78, 5) is 45.2. The lowest BCUT2D eigenvalue weighted by molar-refractivity contribution is -0.172. The van der Waals surface area contributed by atoms with Crippen LogP contribution in [0.1, 0.15) is 45.6 Å². The first-order valence-electron chi connectivity index (χ1n) is 16.9. The Morgan fingerprint density at radius 2 is 1.72 bits per heavy atom. The Hall–Kier alpha value is -4.35. The molecule has 1 aromatic heterocycles. The smallest absolute Gasteiger partial charge is 0.345 e. The van der Waals surface area contributed by atoms with Crippen molar-refractivity contribution in [3.8, 4) is 17.2 Å². The fraction of sp³-hybridized carbons (Fsp3) is 0.405. The first-order chi connectivity index (χ1) is 25.6. The Morgan fingerprint density at radius 1 is 1.04 bits per heavy atom. The zero-order valence-electron chi connectivity index (χ0n) is 31.1. The predicted octanol–water partition coefficient (Wildman–Crippen LogP) is 7.72. The normalized spacial score (nSPS) is 17.2. The van der Waals surface area contributed by atoms with E-state index in [9.17, 15) is 18.8 Å². The van der Waals surface area contributed by atoms with E-state index >= 15 is 0 Å². The van der Waals surface area contributed by atoms with E-state index in [-0.39, 0.29) is 32.8 Å². The van der Waals surface area contributed by atoms with Crippen LogP contribution in [0.5, 0.6) is 17.2 Å². The molecule has 0 aliphatic carbocycles. The molecule has 0 fully saturated rings. The minimum absolute atomic E-state index is 0.0605. The Kier molecular flexibility index (Phi) is 13.2. The molecule has 0 bridgehead atoms. The second-order valence-corrected chi connectivity index (χ2v) is 15.6. The van der Waals surface area contributed by atoms with Gasteiger partial charge in [0.2, 0.25) is 10.6 Å². The van der Waals surface area contributed by atoms with Crippen LogP contribution in [0.15, 0.2) is 69.3 Å². The average molecular weight is 804 g/mol. The molecule has 17 heteroatoms. The maximum Gasteiger partial charge on any atom is 0.345 e. The molecule has 3 aromatic carbocycles. The number of nitrogens with one attached hydrogen (secondary N) is 1. The van der Waals surface area contributed by atoms with Gasteiger partial charge in [-0.25, -0.2) is 23.9 Å². The van der Waals surface area contributed by atoms with E-state index in [1.54, 1.807) is 40.7 Å². The Morgan fingerprint density at radius 3 is 2.39 bits per heavy atom. The Labute approximate surface area is 325 Å². The molecule has 3 heterocycles. The van der Waals surface area contributed by atoms with Crippen molar-refractivity contribution in [1.82, 2.24) is 14.4 Å². The third kappa shape index (κ3) is 9.84. The number of esters is 1. The lowest BCUT2D eigenvalue weighted by Gasteiger charge is -2.43.